The standard InChI is InChI=1S/C7H7FN2O2/c1-9-6-5(7(11)12)2-4(8)3-10-6/h2-3H,1H3,(H,9,10)(H,11,12). The summed E-state index contributed by atoms with van der Waals surface area (Å²) in [6.45, 7) is 0. The number of pyridine rings is 1. The maximum absolute atomic E-state index is 12.5. The van der Waals surface area contributed by atoms with E-state index >= 15 is 0 Å². The van der Waals surface area contributed by atoms with Gasteiger partial charge in [0.15, 0.2) is 0 Å². The van der Waals surface area contributed by atoms with Gasteiger partial charge in [-0.25, -0.2) is 14.2 Å². The average Bonchev–Trinajstić information content (AvgIpc) is 2.04. The highest BCUT2D eigenvalue weighted by Gasteiger charge is 2.10. The van der Waals surface area contributed by atoms with Crippen LogP contribution in [0.25, 0.3) is 0 Å². The number of carbonyl (C=O) groups is 1. The molecule has 1 aromatic rings. The molecule has 1 aromatic heterocycles. The van der Waals surface area contributed by atoms with E-state index in [0.29, 0.717) is 0 Å². The maximum Gasteiger partial charge on any atom is 0.339 e. The molecule has 0 aliphatic heterocycles. The van der Waals surface area contributed by atoms with Gasteiger partial charge in [0.25, 0.3) is 0 Å². The molecule has 1 heterocycles. The molecule has 0 spiro atoms. The second kappa shape index (κ2) is 3.17. The van der Waals surface area contributed by atoms with E-state index in [9.17, 15) is 9.18 Å². The summed E-state index contributed by atoms with van der Waals surface area (Å²) in [6.07, 6.45) is 0.957. The molecule has 12 heavy (non-hydrogen) atoms. The molecule has 0 bridgehead atoms. The summed E-state index contributed by atoms with van der Waals surface area (Å²) in [4.78, 5) is 14.0. The number of nitrogens with one attached hydrogen (secondary N) is 1. The van der Waals surface area contributed by atoms with Gasteiger partial charge in [-0.15, -0.1) is 0 Å². The Kier molecular flexibility index (Phi) is 2.23. The van der Waals surface area contributed by atoms with Gasteiger partial charge in [0.2, 0.25) is 0 Å². The van der Waals surface area contributed by atoms with Crippen molar-refractivity contribution in [2.24, 2.45) is 0 Å². The normalized spacial score (nSPS) is 9.50. The van der Waals surface area contributed by atoms with E-state index in [-0.39, 0.29) is 11.4 Å². The molecule has 0 saturated heterocycles. The van der Waals surface area contributed by atoms with E-state index in [1.165, 1.54) is 7.05 Å². The molecule has 0 amide bonds. The van der Waals surface area contributed by atoms with E-state index in [0.717, 1.165) is 12.3 Å². The quantitative estimate of drug-likeness (QED) is 0.693. The van der Waals surface area contributed by atoms with Crippen LogP contribution in [-0.4, -0.2) is 23.1 Å². The molecular formula is C7H7FN2O2. The first kappa shape index (κ1) is 8.45. The summed E-state index contributed by atoms with van der Waals surface area (Å²) in [5.74, 6) is -1.71. The molecule has 0 aliphatic rings. The van der Waals surface area contributed by atoms with Gasteiger partial charge in [0.05, 0.1) is 6.20 Å². The Balaban J connectivity index is 3.21. The van der Waals surface area contributed by atoms with Crippen LogP contribution in [0, 0.1) is 5.82 Å². The second-order valence-corrected chi connectivity index (χ2v) is 2.10. The number of halogens is 1. The molecule has 0 aromatic carbocycles. The molecule has 0 radical (unpaired) electrons. The fourth-order valence-corrected chi connectivity index (χ4v) is 0.802. The third kappa shape index (κ3) is 1.50. The zero-order valence-electron chi connectivity index (χ0n) is 6.34. The molecular weight excluding hydrogens is 163 g/mol. The second-order valence-electron chi connectivity index (χ2n) is 2.10. The Morgan fingerprint density at radius 3 is 2.92 bits per heavy atom. The lowest BCUT2D eigenvalue weighted by atomic mass is 10.2. The summed E-state index contributed by atoms with van der Waals surface area (Å²) in [7, 11) is 1.52. The van der Waals surface area contributed by atoms with Gasteiger partial charge in [-0.3, -0.25) is 0 Å². The SMILES string of the molecule is CNc1ncc(F)cc1C(=O)O. The lowest BCUT2D eigenvalue weighted by Crippen LogP contribution is -2.05. The molecule has 0 fully saturated rings. The van der Waals surface area contributed by atoms with Crippen LogP contribution < -0.4 is 5.32 Å². The maximum atomic E-state index is 12.5. The zero-order chi connectivity index (χ0) is 9.14. The van der Waals surface area contributed by atoms with E-state index in [4.69, 9.17) is 5.11 Å². The van der Waals surface area contributed by atoms with Crippen molar-refractivity contribution in [2.75, 3.05) is 12.4 Å². The number of aromatic nitrogens is 1. The van der Waals surface area contributed by atoms with Crippen molar-refractivity contribution in [1.82, 2.24) is 4.98 Å². The summed E-state index contributed by atoms with van der Waals surface area (Å²) in [5, 5.41) is 11.1. The van der Waals surface area contributed by atoms with Gasteiger partial charge >= 0.3 is 5.97 Å². The highest BCUT2D eigenvalue weighted by Crippen LogP contribution is 2.12. The van der Waals surface area contributed by atoms with Crippen LogP contribution in [-0.2, 0) is 0 Å². The Hall–Kier alpha value is -1.65. The number of anilines is 1. The number of carboxylic acid groups (broad SMARTS) is 1. The Bertz CT molecular complexity index is 314. The molecule has 5 heteroatoms. The first-order valence-electron chi connectivity index (χ1n) is 3.21. The molecule has 2 N–H and O–H groups in total. The molecule has 4 nitrogen and oxygen atoms in total. The Morgan fingerprint density at radius 2 is 2.42 bits per heavy atom. The summed E-state index contributed by atoms with van der Waals surface area (Å²) < 4.78 is 12.5. The predicted molar refractivity (Wildman–Crippen MR) is 40.7 cm³/mol. The minimum atomic E-state index is -1.20. The van der Waals surface area contributed by atoms with E-state index in [1.54, 1.807) is 0 Å². The first-order valence-corrected chi connectivity index (χ1v) is 3.21. The minimum Gasteiger partial charge on any atom is -0.478 e. The third-order valence-corrected chi connectivity index (χ3v) is 1.32. The van der Waals surface area contributed by atoms with Crippen LogP contribution >= 0.6 is 0 Å². The highest BCUT2D eigenvalue weighted by molar-refractivity contribution is 5.92. The number of aromatic carboxylic acids is 1. The first-order chi connectivity index (χ1) is 5.65. The van der Waals surface area contributed by atoms with Crippen LogP contribution in [0.15, 0.2) is 12.3 Å². The number of carboxylic acids is 1. The summed E-state index contributed by atoms with van der Waals surface area (Å²) in [6, 6.07) is 0.918. The van der Waals surface area contributed by atoms with Crippen molar-refractivity contribution < 1.29 is 14.3 Å². The number of hydrogen-bond donors (Lipinski definition) is 2. The summed E-state index contributed by atoms with van der Waals surface area (Å²) >= 11 is 0. The van der Waals surface area contributed by atoms with Crippen LogP contribution in [0.5, 0.6) is 0 Å². The molecule has 0 atom stereocenters. The van der Waals surface area contributed by atoms with Crippen LogP contribution in [0.4, 0.5) is 10.2 Å². The molecule has 64 valence electrons. The molecule has 0 aliphatic carbocycles. The van der Waals surface area contributed by atoms with Crippen molar-refractivity contribution in [3.8, 4) is 0 Å². The fourth-order valence-electron chi connectivity index (χ4n) is 0.802. The monoisotopic (exact) mass is 170 g/mol. The zero-order valence-corrected chi connectivity index (χ0v) is 6.34. The number of rotatable bonds is 2. The Labute approximate surface area is 68.1 Å². The van der Waals surface area contributed by atoms with Gasteiger partial charge in [-0.2, -0.15) is 0 Å². The van der Waals surface area contributed by atoms with E-state index in [2.05, 4.69) is 10.3 Å². The molecule has 0 unspecified atom stereocenters. The van der Waals surface area contributed by atoms with E-state index < -0.39 is 11.8 Å². The van der Waals surface area contributed by atoms with Crippen molar-refractivity contribution >= 4 is 11.8 Å². The van der Waals surface area contributed by atoms with Crippen LogP contribution in [0.3, 0.4) is 0 Å². The van der Waals surface area contributed by atoms with Crippen LogP contribution in [0.2, 0.25) is 0 Å². The number of hydrogen-bond acceptors (Lipinski definition) is 3. The highest BCUT2D eigenvalue weighted by atomic mass is 19.1. The summed E-state index contributed by atoms with van der Waals surface area (Å²) in [5.41, 5.74) is -0.169. The van der Waals surface area contributed by atoms with Crippen molar-refractivity contribution in [2.45, 2.75) is 0 Å². The van der Waals surface area contributed by atoms with Crippen molar-refractivity contribution in [3.05, 3.63) is 23.6 Å². The van der Waals surface area contributed by atoms with Gasteiger partial charge in [0, 0.05) is 7.05 Å². The van der Waals surface area contributed by atoms with Crippen molar-refractivity contribution in [1.29, 1.82) is 0 Å². The van der Waals surface area contributed by atoms with E-state index in [1.807, 2.05) is 0 Å². The third-order valence-electron chi connectivity index (χ3n) is 1.32. The predicted octanol–water partition coefficient (Wildman–Crippen LogP) is 0.961. The smallest absolute Gasteiger partial charge is 0.339 e. The average molecular weight is 170 g/mol. The van der Waals surface area contributed by atoms with Gasteiger partial charge in [0.1, 0.15) is 17.2 Å². The topological polar surface area (TPSA) is 62.2 Å². The number of nitrogens with zero attached hydrogens (tertiary/aromatic N) is 1. The minimum absolute atomic E-state index is 0.156. The van der Waals surface area contributed by atoms with Gasteiger partial charge in [-0.05, 0) is 6.07 Å². The van der Waals surface area contributed by atoms with Gasteiger partial charge < -0.3 is 10.4 Å². The Morgan fingerprint density at radius 1 is 1.75 bits per heavy atom. The lowest BCUT2D eigenvalue weighted by Gasteiger charge is -2.02. The largest absolute Gasteiger partial charge is 0.478 e. The van der Waals surface area contributed by atoms with Crippen LogP contribution in [0.1, 0.15) is 10.4 Å². The lowest BCUT2D eigenvalue weighted by molar-refractivity contribution is 0.0697. The fraction of sp³-hybridized carbons (Fsp3) is 0.143. The van der Waals surface area contributed by atoms with Gasteiger partial charge in [-0.1, -0.05) is 0 Å². The molecule has 0 saturated carbocycles. The molecule has 1 rings (SSSR count). The van der Waals surface area contributed by atoms with Crippen molar-refractivity contribution in [3.63, 3.8) is 0 Å².